The second-order valence-corrected chi connectivity index (χ2v) is 9.87. The number of hydrogen-bond acceptors (Lipinski definition) is 2. The molecule has 22 heavy (non-hydrogen) atoms. The molecule has 1 spiro atoms. The van der Waals surface area contributed by atoms with E-state index < -0.39 is 0 Å². The average Bonchev–Trinajstić information content (AvgIpc) is 2.77. The normalized spacial score (nSPS) is 57.3. The minimum Gasteiger partial charge on any atom is -0.396 e. The van der Waals surface area contributed by atoms with E-state index in [4.69, 9.17) is 0 Å². The van der Waals surface area contributed by atoms with Gasteiger partial charge in [0, 0.05) is 13.2 Å². The molecule has 7 atom stereocenters. The molecule has 4 saturated carbocycles. The topological polar surface area (TPSA) is 40.5 Å². The first-order chi connectivity index (χ1) is 10.5. The summed E-state index contributed by atoms with van der Waals surface area (Å²) in [5.74, 6) is 2.93. The van der Waals surface area contributed by atoms with Crippen LogP contribution < -0.4 is 0 Å². The van der Waals surface area contributed by atoms with Crippen molar-refractivity contribution in [1.82, 2.24) is 0 Å². The van der Waals surface area contributed by atoms with Crippen LogP contribution in [0.25, 0.3) is 0 Å². The molecular weight excluding hydrogens is 272 g/mol. The highest BCUT2D eigenvalue weighted by Gasteiger charge is 2.64. The maximum Gasteiger partial charge on any atom is 0.0487 e. The maximum absolute atomic E-state index is 10.1. The van der Waals surface area contributed by atoms with Gasteiger partial charge in [-0.05, 0) is 91.3 Å². The monoisotopic (exact) mass is 306 g/mol. The second kappa shape index (κ2) is 4.96. The van der Waals surface area contributed by atoms with Crippen LogP contribution in [0.15, 0.2) is 0 Å². The molecule has 2 bridgehead atoms. The Kier molecular flexibility index (Phi) is 3.48. The molecule has 0 aromatic carbocycles. The Labute approximate surface area is 135 Å². The van der Waals surface area contributed by atoms with Crippen LogP contribution in [-0.2, 0) is 0 Å². The third kappa shape index (κ3) is 1.86. The summed E-state index contributed by atoms with van der Waals surface area (Å²) in [4.78, 5) is 0. The minimum atomic E-state index is 0.153. The standard InChI is InChI=1S/C20H34O2/c1-18(13-22)7-3-8-19(2)16(18)6-9-20-10-14(4-5-17(19)20)15(11-20)12-21/h14-17,21-22H,3-13H2,1-2H3/t14-,15-,16+,17-,18?,19+,20-/m0/s1. The third-order valence-corrected chi connectivity index (χ3v) is 8.99. The van der Waals surface area contributed by atoms with E-state index in [2.05, 4.69) is 13.8 Å². The quantitative estimate of drug-likeness (QED) is 0.809. The lowest BCUT2D eigenvalue weighted by Gasteiger charge is -2.64. The van der Waals surface area contributed by atoms with Crippen molar-refractivity contribution in [2.75, 3.05) is 13.2 Å². The molecule has 4 aliphatic rings. The Morgan fingerprint density at radius 3 is 2.45 bits per heavy atom. The van der Waals surface area contributed by atoms with Gasteiger partial charge >= 0.3 is 0 Å². The lowest BCUT2D eigenvalue weighted by molar-refractivity contribution is -0.159. The zero-order chi connectivity index (χ0) is 15.6. The van der Waals surface area contributed by atoms with Crippen molar-refractivity contribution in [3.63, 3.8) is 0 Å². The molecule has 2 N–H and O–H groups in total. The lowest BCUT2D eigenvalue weighted by Crippen LogP contribution is -2.57. The van der Waals surface area contributed by atoms with Gasteiger partial charge in [-0.15, -0.1) is 0 Å². The highest BCUT2D eigenvalue weighted by Crippen LogP contribution is 2.72. The van der Waals surface area contributed by atoms with Crippen LogP contribution >= 0.6 is 0 Å². The summed E-state index contributed by atoms with van der Waals surface area (Å²) >= 11 is 0. The Balaban J connectivity index is 1.69. The summed E-state index contributed by atoms with van der Waals surface area (Å²) < 4.78 is 0. The molecular formula is C20H34O2. The highest BCUT2D eigenvalue weighted by atomic mass is 16.3. The van der Waals surface area contributed by atoms with Crippen LogP contribution in [0, 0.1) is 39.9 Å². The molecule has 1 unspecified atom stereocenters. The van der Waals surface area contributed by atoms with Crippen molar-refractivity contribution in [1.29, 1.82) is 0 Å². The smallest absolute Gasteiger partial charge is 0.0487 e. The summed E-state index contributed by atoms with van der Waals surface area (Å²) in [5.41, 5.74) is 1.12. The van der Waals surface area contributed by atoms with Crippen molar-refractivity contribution in [2.45, 2.75) is 71.6 Å². The molecule has 4 aliphatic carbocycles. The molecule has 2 heteroatoms. The Hall–Kier alpha value is -0.0800. The van der Waals surface area contributed by atoms with Crippen LogP contribution in [0.2, 0.25) is 0 Å². The van der Waals surface area contributed by atoms with Crippen LogP contribution in [0.1, 0.15) is 71.6 Å². The predicted octanol–water partition coefficient (Wildman–Crippen LogP) is 4.00. The van der Waals surface area contributed by atoms with Crippen LogP contribution in [0.3, 0.4) is 0 Å². The maximum atomic E-state index is 10.1. The van der Waals surface area contributed by atoms with Gasteiger partial charge in [0.15, 0.2) is 0 Å². The van der Waals surface area contributed by atoms with Gasteiger partial charge in [-0.25, -0.2) is 0 Å². The fraction of sp³-hybridized carbons (Fsp3) is 1.00. The van der Waals surface area contributed by atoms with Gasteiger partial charge in [0.25, 0.3) is 0 Å². The summed E-state index contributed by atoms with van der Waals surface area (Å²) in [5, 5.41) is 19.9. The molecule has 4 rings (SSSR count). The molecule has 0 aromatic heterocycles. The first-order valence-corrected chi connectivity index (χ1v) is 9.69. The molecule has 126 valence electrons. The van der Waals surface area contributed by atoms with Gasteiger partial charge in [-0.2, -0.15) is 0 Å². The van der Waals surface area contributed by atoms with Crippen LogP contribution in [0.4, 0.5) is 0 Å². The van der Waals surface area contributed by atoms with Crippen molar-refractivity contribution in [3.05, 3.63) is 0 Å². The van der Waals surface area contributed by atoms with E-state index in [0.717, 1.165) is 11.8 Å². The van der Waals surface area contributed by atoms with E-state index in [-0.39, 0.29) is 5.41 Å². The van der Waals surface area contributed by atoms with E-state index in [9.17, 15) is 10.2 Å². The Morgan fingerprint density at radius 1 is 0.909 bits per heavy atom. The van der Waals surface area contributed by atoms with Gasteiger partial charge < -0.3 is 10.2 Å². The average molecular weight is 306 g/mol. The lowest BCUT2D eigenvalue weighted by atomic mass is 9.41. The molecule has 0 radical (unpaired) electrons. The summed E-state index contributed by atoms with van der Waals surface area (Å²) in [6.07, 6.45) is 12.0. The number of rotatable bonds is 2. The molecule has 0 saturated heterocycles. The predicted molar refractivity (Wildman–Crippen MR) is 88.3 cm³/mol. The summed E-state index contributed by atoms with van der Waals surface area (Å²) in [6, 6.07) is 0. The van der Waals surface area contributed by atoms with E-state index in [1.807, 2.05) is 0 Å². The van der Waals surface area contributed by atoms with Crippen LogP contribution in [-0.4, -0.2) is 23.4 Å². The zero-order valence-corrected chi connectivity index (χ0v) is 14.5. The Bertz CT molecular complexity index is 449. The molecule has 0 amide bonds. The zero-order valence-electron chi connectivity index (χ0n) is 14.5. The van der Waals surface area contributed by atoms with Crippen molar-refractivity contribution < 1.29 is 10.2 Å². The number of fused-ring (bicyclic) bond motifs is 3. The Morgan fingerprint density at radius 2 is 1.73 bits per heavy atom. The number of aliphatic hydroxyl groups is 2. The van der Waals surface area contributed by atoms with Gasteiger partial charge in [0.05, 0.1) is 0 Å². The molecule has 0 aromatic rings. The summed E-state index contributed by atoms with van der Waals surface area (Å²) in [6.45, 7) is 5.70. The van der Waals surface area contributed by atoms with Crippen LogP contribution in [0.5, 0.6) is 0 Å². The SMILES string of the molecule is CC1(CO)CCC[C@]2(C)[C@@H]1CC[C@]13C[C@@H](CO)[C@@H](CC[C@H]12)C3. The molecule has 4 fully saturated rings. The first kappa shape index (κ1) is 15.4. The van der Waals surface area contributed by atoms with E-state index in [1.54, 1.807) is 0 Å². The van der Waals surface area contributed by atoms with E-state index in [1.165, 1.54) is 57.8 Å². The largest absolute Gasteiger partial charge is 0.396 e. The second-order valence-electron chi connectivity index (χ2n) is 9.87. The van der Waals surface area contributed by atoms with E-state index in [0.29, 0.717) is 35.9 Å². The molecule has 0 aliphatic heterocycles. The third-order valence-electron chi connectivity index (χ3n) is 8.99. The number of aliphatic hydroxyl groups excluding tert-OH is 2. The molecule has 0 heterocycles. The minimum absolute atomic E-state index is 0.153. The highest BCUT2D eigenvalue weighted by molar-refractivity contribution is 5.13. The first-order valence-electron chi connectivity index (χ1n) is 9.69. The van der Waals surface area contributed by atoms with Gasteiger partial charge in [-0.1, -0.05) is 20.3 Å². The van der Waals surface area contributed by atoms with Gasteiger partial charge in [0.2, 0.25) is 0 Å². The van der Waals surface area contributed by atoms with Gasteiger partial charge in [-0.3, -0.25) is 0 Å². The van der Waals surface area contributed by atoms with Crippen molar-refractivity contribution in [3.8, 4) is 0 Å². The van der Waals surface area contributed by atoms with Gasteiger partial charge in [0.1, 0.15) is 0 Å². The van der Waals surface area contributed by atoms with Crippen molar-refractivity contribution in [2.24, 2.45) is 39.9 Å². The summed E-state index contributed by atoms with van der Waals surface area (Å²) in [7, 11) is 0. The fourth-order valence-electron chi connectivity index (χ4n) is 8.13. The van der Waals surface area contributed by atoms with E-state index >= 15 is 0 Å². The number of hydrogen-bond donors (Lipinski definition) is 2. The fourth-order valence-corrected chi connectivity index (χ4v) is 8.13. The van der Waals surface area contributed by atoms with Crippen molar-refractivity contribution >= 4 is 0 Å². The molecule has 2 nitrogen and oxygen atoms in total.